The van der Waals surface area contributed by atoms with Gasteiger partial charge in [-0.3, -0.25) is 4.68 Å². The minimum Gasteiger partial charge on any atom is -0.496 e. The van der Waals surface area contributed by atoms with E-state index in [-0.39, 0.29) is 6.04 Å². The van der Waals surface area contributed by atoms with Crippen molar-refractivity contribution in [2.45, 2.75) is 19.4 Å². The van der Waals surface area contributed by atoms with Crippen molar-refractivity contribution >= 4 is 23.2 Å². The Morgan fingerprint density at radius 2 is 2.10 bits per heavy atom. The minimum atomic E-state index is 0.0408. The van der Waals surface area contributed by atoms with Crippen molar-refractivity contribution in [3.8, 4) is 5.75 Å². The van der Waals surface area contributed by atoms with Gasteiger partial charge in [0, 0.05) is 29.2 Å². The monoisotopic (exact) mass is 327 g/mol. The summed E-state index contributed by atoms with van der Waals surface area (Å²) in [5, 5.41) is 8.99. The van der Waals surface area contributed by atoms with Gasteiger partial charge in [-0.05, 0) is 38.6 Å². The largest absolute Gasteiger partial charge is 0.496 e. The molecule has 21 heavy (non-hydrogen) atoms. The molecule has 0 amide bonds. The fraction of sp³-hybridized carbons (Fsp3) is 0.400. The van der Waals surface area contributed by atoms with Gasteiger partial charge in [0.1, 0.15) is 10.9 Å². The number of halogens is 2. The van der Waals surface area contributed by atoms with Crippen LogP contribution in [0, 0.1) is 6.92 Å². The molecule has 1 heterocycles. The van der Waals surface area contributed by atoms with E-state index in [9.17, 15) is 0 Å². The van der Waals surface area contributed by atoms with Crippen molar-refractivity contribution in [1.82, 2.24) is 15.1 Å². The van der Waals surface area contributed by atoms with Gasteiger partial charge in [0.2, 0.25) is 0 Å². The molecule has 0 saturated carbocycles. The van der Waals surface area contributed by atoms with Gasteiger partial charge < -0.3 is 10.1 Å². The van der Waals surface area contributed by atoms with Crippen molar-refractivity contribution in [2.75, 3.05) is 14.2 Å². The van der Waals surface area contributed by atoms with Crippen LogP contribution in [0.4, 0.5) is 0 Å². The summed E-state index contributed by atoms with van der Waals surface area (Å²) in [6.45, 7) is 1.96. The van der Waals surface area contributed by atoms with Crippen LogP contribution in [0.2, 0.25) is 10.2 Å². The molecule has 1 aromatic heterocycles. The normalized spacial score (nSPS) is 12.5. The van der Waals surface area contributed by atoms with Gasteiger partial charge in [-0.1, -0.05) is 23.2 Å². The molecule has 0 bridgehead atoms. The van der Waals surface area contributed by atoms with Gasteiger partial charge in [0.15, 0.2) is 0 Å². The maximum atomic E-state index is 6.32. The Labute approximate surface area is 135 Å². The Hall–Kier alpha value is -1.23. The van der Waals surface area contributed by atoms with E-state index in [2.05, 4.69) is 10.4 Å². The van der Waals surface area contributed by atoms with E-state index in [0.29, 0.717) is 16.6 Å². The number of benzene rings is 1. The van der Waals surface area contributed by atoms with Crippen LogP contribution in [0.3, 0.4) is 0 Å². The molecular formula is C15H19Cl2N3O. The molecular weight excluding hydrogens is 309 g/mol. The fourth-order valence-corrected chi connectivity index (χ4v) is 2.89. The van der Waals surface area contributed by atoms with Crippen LogP contribution in [0.1, 0.15) is 22.9 Å². The highest BCUT2D eigenvalue weighted by atomic mass is 35.5. The van der Waals surface area contributed by atoms with Crippen LogP contribution in [-0.4, -0.2) is 23.9 Å². The molecule has 1 unspecified atom stereocenters. The highest BCUT2D eigenvalue weighted by molar-refractivity contribution is 6.30. The van der Waals surface area contributed by atoms with E-state index in [4.69, 9.17) is 27.9 Å². The Kier molecular flexibility index (Phi) is 5.14. The molecule has 4 nitrogen and oxygen atoms in total. The molecule has 0 spiro atoms. The molecule has 0 aliphatic rings. The minimum absolute atomic E-state index is 0.0408. The van der Waals surface area contributed by atoms with E-state index in [1.807, 2.05) is 39.2 Å². The van der Waals surface area contributed by atoms with Crippen LogP contribution >= 0.6 is 23.2 Å². The lowest BCUT2D eigenvalue weighted by molar-refractivity contribution is 0.401. The van der Waals surface area contributed by atoms with Crippen molar-refractivity contribution in [2.24, 2.45) is 7.05 Å². The van der Waals surface area contributed by atoms with Crippen molar-refractivity contribution in [3.63, 3.8) is 0 Å². The third-order valence-corrected chi connectivity index (χ3v) is 4.30. The first-order valence-electron chi connectivity index (χ1n) is 6.66. The number of likely N-dealkylation sites (N-methyl/N-ethyl adjacent to an activating group) is 1. The van der Waals surface area contributed by atoms with Gasteiger partial charge in [-0.15, -0.1) is 0 Å². The summed E-state index contributed by atoms with van der Waals surface area (Å²) in [6, 6.07) is 5.65. The van der Waals surface area contributed by atoms with Gasteiger partial charge in [-0.25, -0.2) is 0 Å². The smallest absolute Gasteiger partial charge is 0.130 e. The number of nitrogens with zero attached hydrogens (tertiary/aromatic N) is 2. The van der Waals surface area contributed by atoms with Gasteiger partial charge >= 0.3 is 0 Å². The number of rotatable bonds is 5. The summed E-state index contributed by atoms with van der Waals surface area (Å²) >= 11 is 12.4. The first-order chi connectivity index (χ1) is 9.97. The number of hydrogen-bond acceptors (Lipinski definition) is 3. The predicted molar refractivity (Wildman–Crippen MR) is 86.5 cm³/mol. The van der Waals surface area contributed by atoms with Gasteiger partial charge in [0.25, 0.3) is 0 Å². The quantitative estimate of drug-likeness (QED) is 0.912. The van der Waals surface area contributed by atoms with E-state index >= 15 is 0 Å². The maximum Gasteiger partial charge on any atom is 0.130 e. The van der Waals surface area contributed by atoms with E-state index in [1.54, 1.807) is 11.8 Å². The van der Waals surface area contributed by atoms with Crippen LogP contribution in [0.5, 0.6) is 5.75 Å². The van der Waals surface area contributed by atoms with Crippen molar-refractivity contribution < 1.29 is 4.74 Å². The van der Waals surface area contributed by atoms with Crippen LogP contribution in [-0.2, 0) is 13.5 Å². The molecule has 1 N–H and O–H groups in total. The standard InChI is InChI=1S/C15H19Cl2N3O/c1-9-11(15(17)20(3)19-9)8-13(18-2)12-7-10(16)5-6-14(12)21-4/h5-7,13,18H,8H2,1-4H3. The van der Waals surface area contributed by atoms with Crippen molar-refractivity contribution in [3.05, 3.63) is 45.2 Å². The lowest BCUT2D eigenvalue weighted by atomic mass is 9.98. The van der Waals surface area contributed by atoms with E-state index in [1.165, 1.54) is 0 Å². The predicted octanol–water partition coefficient (Wildman–Crippen LogP) is 3.55. The zero-order valence-electron chi connectivity index (χ0n) is 12.6. The topological polar surface area (TPSA) is 39.1 Å². The summed E-state index contributed by atoms with van der Waals surface area (Å²) in [4.78, 5) is 0. The van der Waals surface area contributed by atoms with E-state index < -0.39 is 0 Å². The summed E-state index contributed by atoms with van der Waals surface area (Å²) in [6.07, 6.45) is 0.714. The number of ether oxygens (including phenoxy) is 1. The lowest BCUT2D eigenvalue weighted by Gasteiger charge is -2.20. The maximum absolute atomic E-state index is 6.32. The second-order valence-corrected chi connectivity index (χ2v) is 5.70. The molecule has 2 rings (SSSR count). The zero-order valence-corrected chi connectivity index (χ0v) is 14.1. The first-order valence-corrected chi connectivity index (χ1v) is 7.42. The third-order valence-electron chi connectivity index (χ3n) is 3.59. The molecule has 0 saturated heterocycles. The summed E-state index contributed by atoms with van der Waals surface area (Å²) in [5.41, 5.74) is 2.97. The second-order valence-electron chi connectivity index (χ2n) is 4.91. The van der Waals surface area contributed by atoms with Crippen LogP contribution in [0.15, 0.2) is 18.2 Å². The average Bonchev–Trinajstić information content (AvgIpc) is 2.70. The second kappa shape index (κ2) is 6.69. The molecule has 0 aliphatic carbocycles. The van der Waals surface area contributed by atoms with Crippen molar-refractivity contribution in [1.29, 1.82) is 0 Å². The lowest BCUT2D eigenvalue weighted by Crippen LogP contribution is -2.20. The molecule has 1 aromatic carbocycles. The van der Waals surface area contributed by atoms with Crippen LogP contribution < -0.4 is 10.1 Å². The number of aryl methyl sites for hydroxylation is 2. The molecule has 6 heteroatoms. The fourth-order valence-electron chi connectivity index (χ4n) is 2.45. The highest BCUT2D eigenvalue weighted by Crippen LogP contribution is 2.32. The third kappa shape index (κ3) is 3.34. The van der Waals surface area contributed by atoms with E-state index in [0.717, 1.165) is 22.6 Å². The Morgan fingerprint density at radius 3 is 2.62 bits per heavy atom. The van der Waals surface area contributed by atoms with Crippen LogP contribution in [0.25, 0.3) is 0 Å². The zero-order chi connectivity index (χ0) is 15.6. The molecule has 1 atom stereocenters. The summed E-state index contributed by atoms with van der Waals surface area (Å²) < 4.78 is 7.12. The van der Waals surface area contributed by atoms with Gasteiger partial charge in [0.05, 0.1) is 12.8 Å². The number of methoxy groups -OCH3 is 1. The molecule has 2 aromatic rings. The Morgan fingerprint density at radius 1 is 1.38 bits per heavy atom. The average molecular weight is 328 g/mol. The number of aromatic nitrogens is 2. The molecule has 0 radical (unpaired) electrons. The molecule has 114 valence electrons. The molecule has 0 fully saturated rings. The first kappa shape index (κ1) is 16.1. The number of hydrogen-bond donors (Lipinski definition) is 1. The summed E-state index contributed by atoms with van der Waals surface area (Å²) in [7, 11) is 5.40. The van der Waals surface area contributed by atoms with Gasteiger partial charge in [-0.2, -0.15) is 5.10 Å². The SMILES string of the molecule is CNC(Cc1c(C)nn(C)c1Cl)c1cc(Cl)ccc1OC. The number of nitrogens with one attached hydrogen (secondary N) is 1. The summed E-state index contributed by atoms with van der Waals surface area (Å²) in [5.74, 6) is 0.802. The highest BCUT2D eigenvalue weighted by Gasteiger charge is 2.20. The Bertz CT molecular complexity index is 640. The molecule has 0 aliphatic heterocycles. The Balaban J connectivity index is 2.38.